The Bertz CT molecular complexity index is 951. The molecular formula is C20H20Cl2N4OS. The van der Waals surface area contributed by atoms with Crippen LogP contribution in [0.3, 0.4) is 0 Å². The fraction of sp³-hybridized carbons (Fsp3) is 0.200. The first-order valence-electron chi connectivity index (χ1n) is 8.65. The van der Waals surface area contributed by atoms with E-state index < -0.39 is 0 Å². The second kappa shape index (κ2) is 9.39. The predicted octanol–water partition coefficient (Wildman–Crippen LogP) is 4.41. The van der Waals surface area contributed by atoms with E-state index in [1.165, 1.54) is 11.3 Å². The number of anilines is 1. The highest BCUT2D eigenvalue weighted by Gasteiger charge is 2.11. The third-order valence-electron chi connectivity index (χ3n) is 4.04. The minimum Gasteiger partial charge on any atom is -0.360 e. The van der Waals surface area contributed by atoms with Gasteiger partial charge in [0.25, 0.3) is 0 Å². The highest BCUT2D eigenvalue weighted by molar-refractivity contribution is 7.16. The van der Waals surface area contributed by atoms with E-state index in [0.29, 0.717) is 23.0 Å². The number of halogens is 2. The molecule has 1 amide bonds. The molecular weight excluding hydrogens is 415 g/mol. The van der Waals surface area contributed by atoms with E-state index in [9.17, 15) is 4.79 Å². The Hall–Kier alpha value is -2.12. The number of carbonyl (C=O) groups is 1. The number of hydrogen-bond acceptors (Lipinski definition) is 5. The fourth-order valence-electron chi connectivity index (χ4n) is 2.70. The third kappa shape index (κ3) is 5.69. The molecule has 28 heavy (non-hydrogen) atoms. The molecule has 0 spiro atoms. The van der Waals surface area contributed by atoms with E-state index >= 15 is 0 Å². The largest absolute Gasteiger partial charge is 0.360 e. The average molecular weight is 435 g/mol. The molecule has 1 aliphatic heterocycles. The summed E-state index contributed by atoms with van der Waals surface area (Å²) in [5.74, 6) is -0.0702. The number of thiazole rings is 1. The Morgan fingerprint density at radius 2 is 2.18 bits per heavy atom. The lowest BCUT2D eigenvalue weighted by molar-refractivity contribution is -0.119. The minimum absolute atomic E-state index is 0.0702. The molecule has 1 atom stereocenters. The lowest BCUT2D eigenvalue weighted by Crippen LogP contribution is -2.31. The number of allylic oxidation sites excluding steroid dienone is 3. The standard InChI is InChI=1S/C20H20Cl2N4OS/c1-12-6-14(4-5-24-19(27)7-12)18-11-26-20(28-18)25-10-15(23)8-13-2-3-16(21)17(22)9-13/h2-6,9,11,15H,1,7-8,10,23H2,(H,24,27)(H,25,26)/b5-4-,14-6+/t15-/m0/s1. The first-order valence-corrected chi connectivity index (χ1v) is 10.2. The van der Waals surface area contributed by atoms with Crippen LogP contribution < -0.4 is 16.4 Å². The number of rotatable bonds is 6. The normalized spacial score (nSPS) is 18.5. The number of nitrogens with two attached hydrogens (primary N) is 1. The number of benzene rings is 1. The van der Waals surface area contributed by atoms with Crippen LogP contribution in [0.25, 0.3) is 5.57 Å². The van der Waals surface area contributed by atoms with Gasteiger partial charge in [-0.3, -0.25) is 4.79 Å². The molecule has 0 bridgehead atoms. The number of nitrogens with zero attached hydrogens (tertiary/aromatic N) is 1. The number of hydrogen-bond donors (Lipinski definition) is 3. The Kier molecular flexibility index (Phi) is 6.91. The first-order chi connectivity index (χ1) is 13.4. The second-order valence-electron chi connectivity index (χ2n) is 6.46. The van der Waals surface area contributed by atoms with Gasteiger partial charge < -0.3 is 16.4 Å². The average Bonchev–Trinajstić information content (AvgIpc) is 3.09. The van der Waals surface area contributed by atoms with Crippen LogP contribution >= 0.6 is 34.5 Å². The van der Waals surface area contributed by atoms with Gasteiger partial charge in [-0.25, -0.2) is 4.98 Å². The summed E-state index contributed by atoms with van der Waals surface area (Å²) in [6.07, 6.45) is 8.14. The molecule has 1 aromatic heterocycles. The van der Waals surface area contributed by atoms with E-state index in [1.807, 2.05) is 24.3 Å². The maximum absolute atomic E-state index is 11.5. The summed E-state index contributed by atoms with van der Waals surface area (Å²) < 4.78 is 0. The lowest BCUT2D eigenvalue weighted by atomic mass is 10.1. The predicted molar refractivity (Wildman–Crippen MR) is 118 cm³/mol. The summed E-state index contributed by atoms with van der Waals surface area (Å²) in [5.41, 5.74) is 8.97. The van der Waals surface area contributed by atoms with E-state index in [-0.39, 0.29) is 18.4 Å². The minimum atomic E-state index is -0.0971. The molecule has 0 saturated carbocycles. The van der Waals surface area contributed by atoms with Crippen molar-refractivity contribution in [3.05, 3.63) is 75.4 Å². The first kappa shape index (κ1) is 20.6. The monoisotopic (exact) mass is 434 g/mol. The quantitative estimate of drug-likeness (QED) is 0.628. The summed E-state index contributed by atoms with van der Waals surface area (Å²) in [6.45, 7) is 4.50. The van der Waals surface area contributed by atoms with Crippen LogP contribution in [-0.4, -0.2) is 23.5 Å². The Morgan fingerprint density at radius 3 is 2.96 bits per heavy atom. The van der Waals surface area contributed by atoms with Gasteiger partial charge in [-0.2, -0.15) is 0 Å². The van der Waals surface area contributed by atoms with Crippen molar-refractivity contribution in [2.24, 2.45) is 5.73 Å². The summed E-state index contributed by atoms with van der Waals surface area (Å²) in [4.78, 5) is 16.9. The molecule has 8 heteroatoms. The van der Waals surface area contributed by atoms with Crippen molar-refractivity contribution in [1.29, 1.82) is 0 Å². The number of amides is 1. The van der Waals surface area contributed by atoms with Crippen LogP contribution in [0.5, 0.6) is 0 Å². The van der Waals surface area contributed by atoms with Crippen molar-refractivity contribution >= 4 is 51.2 Å². The highest BCUT2D eigenvalue weighted by atomic mass is 35.5. The van der Waals surface area contributed by atoms with Gasteiger partial charge in [-0.05, 0) is 41.3 Å². The van der Waals surface area contributed by atoms with Gasteiger partial charge in [0.15, 0.2) is 5.13 Å². The summed E-state index contributed by atoms with van der Waals surface area (Å²) in [5, 5.41) is 7.83. The summed E-state index contributed by atoms with van der Waals surface area (Å²) >= 11 is 13.5. The summed E-state index contributed by atoms with van der Waals surface area (Å²) in [6, 6.07) is 5.44. The van der Waals surface area contributed by atoms with E-state index in [1.54, 1.807) is 18.5 Å². The van der Waals surface area contributed by atoms with E-state index in [0.717, 1.165) is 26.7 Å². The van der Waals surface area contributed by atoms with Crippen LogP contribution in [-0.2, 0) is 11.2 Å². The van der Waals surface area contributed by atoms with Crippen molar-refractivity contribution in [3.63, 3.8) is 0 Å². The molecule has 1 aromatic carbocycles. The third-order valence-corrected chi connectivity index (χ3v) is 5.79. The Labute approximate surface area is 177 Å². The molecule has 2 aromatic rings. The van der Waals surface area contributed by atoms with Crippen molar-refractivity contribution < 1.29 is 4.79 Å². The van der Waals surface area contributed by atoms with Gasteiger partial charge >= 0.3 is 0 Å². The molecule has 2 heterocycles. The van der Waals surface area contributed by atoms with Crippen LogP contribution in [0.15, 0.2) is 54.9 Å². The number of aromatic nitrogens is 1. The molecule has 0 aliphatic carbocycles. The Morgan fingerprint density at radius 1 is 1.36 bits per heavy atom. The summed E-state index contributed by atoms with van der Waals surface area (Å²) in [7, 11) is 0. The molecule has 0 radical (unpaired) electrons. The Balaban J connectivity index is 1.59. The number of carbonyl (C=O) groups excluding carboxylic acids is 1. The zero-order valence-electron chi connectivity index (χ0n) is 15.0. The smallest absolute Gasteiger partial charge is 0.228 e. The molecule has 0 fully saturated rings. The molecule has 3 rings (SSSR count). The van der Waals surface area contributed by atoms with Crippen LogP contribution in [0, 0.1) is 0 Å². The maximum atomic E-state index is 11.5. The van der Waals surface area contributed by atoms with E-state index in [4.69, 9.17) is 28.9 Å². The van der Waals surface area contributed by atoms with Crippen molar-refractivity contribution in [2.45, 2.75) is 18.9 Å². The zero-order chi connectivity index (χ0) is 20.1. The fourth-order valence-corrected chi connectivity index (χ4v) is 3.84. The number of nitrogens with one attached hydrogen (secondary N) is 2. The molecule has 0 saturated heterocycles. The molecule has 146 valence electrons. The van der Waals surface area contributed by atoms with Crippen LogP contribution in [0.1, 0.15) is 16.9 Å². The second-order valence-corrected chi connectivity index (χ2v) is 8.30. The van der Waals surface area contributed by atoms with Crippen molar-refractivity contribution in [2.75, 3.05) is 11.9 Å². The molecule has 5 nitrogen and oxygen atoms in total. The van der Waals surface area contributed by atoms with Gasteiger partial charge in [-0.1, -0.05) is 53.3 Å². The van der Waals surface area contributed by atoms with Gasteiger partial charge in [0, 0.05) is 25.0 Å². The van der Waals surface area contributed by atoms with Gasteiger partial charge in [0.05, 0.1) is 21.3 Å². The van der Waals surface area contributed by atoms with Crippen LogP contribution in [0.4, 0.5) is 5.13 Å². The SMILES string of the molecule is C=C1/C=C(c2cnc(NC[C@@H](N)Cc3ccc(Cl)c(Cl)c3)s2)\C=C/NC(=O)C1. The topological polar surface area (TPSA) is 80.0 Å². The van der Waals surface area contributed by atoms with Crippen molar-refractivity contribution in [1.82, 2.24) is 10.3 Å². The van der Waals surface area contributed by atoms with Crippen LogP contribution in [0.2, 0.25) is 10.0 Å². The maximum Gasteiger partial charge on any atom is 0.228 e. The highest BCUT2D eigenvalue weighted by Crippen LogP contribution is 2.28. The van der Waals surface area contributed by atoms with Gasteiger partial charge in [0.1, 0.15) is 0 Å². The lowest BCUT2D eigenvalue weighted by Gasteiger charge is -2.12. The van der Waals surface area contributed by atoms with Gasteiger partial charge in [-0.15, -0.1) is 0 Å². The molecule has 1 aliphatic rings. The van der Waals surface area contributed by atoms with Crippen molar-refractivity contribution in [3.8, 4) is 0 Å². The van der Waals surface area contributed by atoms with E-state index in [2.05, 4.69) is 22.2 Å². The molecule has 4 N–H and O–H groups in total. The zero-order valence-corrected chi connectivity index (χ0v) is 17.4. The van der Waals surface area contributed by atoms with Gasteiger partial charge in [0.2, 0.25) is 5.91 Å². The molecule has 0 unspecified atom stereocenters.